The lowest BCUT2D eigenvalue weighted by molar-refractivity contribution is 0.0421. The Morgan fingerprint density at radius 2 is 1.94 bits per heavy atom. The fraction of sp³-hybridized carbons (Fsp3) is 1.00. The summed E-state index contributed by atoms with van der Waals surface area (Å²) in [4.78, 5) is 5.47. The van der Waals surface area contributed by atoms with Crippen LogP contribution >= 0.6 is 0 Å². The molecule has 0 aromatic heterocycles. The zero-order valence-corrected chi connectivity index (χ0v) is 10.5. The minimum Gasteiger partial charge on any atom is -0.315 e. The highest BCUT2D eigenvalue weighted by molar-refractivity contribution is 4.92. The number of nitrogens with zero attached hydrogens (tertiary/aromatic N) is 2. The summed E-state index contributed by atoms with van der Waals surface area (Å²) in [7, 11) is 0. The average molecular weight is 223 g/mol. The van der Waals surface area contributed by atoms with Crippen LogP contribution in [0.4, 0.5) is 0 Å². The second kappa shape index (κ2) is 4.63. The lowest BCUT2D eigenvalue weighted by Crippen LogP contribution is -2.58. The maximum atomic E-state index is 3.57. The maximum Gasteiger partial charge on any atom is 0.0247 e. The Labute approximate surface area is 99.2 Å². The van der Waals surface area contributed by atoms with Gasteiger partial charge in [0.15, 0.2) is 0 Å². The van der Waals surface area contributed by atoms with Crippen molar-refractivity contribution in [1.29, 1.82) is 0 Å². The second-order valence-corrected chi connectivity index (χ2v) is 5.86. The summed E-state index contributed by atoms with van der Waals surface area (Å²) < 4.78 is 0. The predicted octanol–water partition coefficient (Wildman–Crippen LogP) is 0.764. The Morgan fingerprint density at radius 3 is 2.81 bits per heavy atom. The van der Waals surface area contributed by atoms with Crippen LogP contribution in [-0.2, 0) is 0 Å². The minimum absolute atomic E-state index is 0.802. The van der Waals surface area contributed by atoms with Gasteiger partial charge < -0.3 is 5.32 Å². The van der Waals surface area contributed by atoms with E-state index in [9.17, 15) is 0 Å². The van der Waals surface area contributed by atoms with Crippen molar-refractivity contribution in [1.82, 2.24) is 15.1 Å². The zero-order chi connectivity index (χ0) is 11.0. The highest BCUT2D eigenvalue weighted by Gasteiger charge is 2.35. The van der Waals surface area contributed by atoms with Crippen molar-refractivity contribution in [3.05, 3.63) is 0 Å². The van der Waals surface area contributed by atoms with Gasteiger partial charge in [-0.3, -0.25) is 9.80 Å². The molecule has 0 radical (unpaired) electrons. The summed E-state index contributed by atoms with van der Waals surface area (Å²) in [5, 5.41) is 3.57. The van der Waals surface area contributed by atoms with E-state index in [0.717, 1.165) is 18.0 Å². The molecule has 1 N–H and O–H groups in total. The molecule has 16 heavy (non-hydrogen) atoms. The van der Waals surface area contributed by atoms with Crippen LogP contribution in [0.15, 0.2) is 0 Å². The molecular formula is C13H25N3. The SMILES string of the molecule is CC1CCNCC1N1CCN2CCCC2C1. The van der Waals surface area contributed by atoms with E-state index in [4.69, 9.17) is 0 Å². The van der Waals surface area contributed by atoms with E-state index in [0.29, 0.717) is 0 Å². The normalized spacial score (nSPS) is 42.2. The van der Waals surface area contributed by atoms with Crippen molar-refractivity contribution in [3.63, 3.8) is 0 Å². The van der Waals surface area contributed by atoms with E-state index in [-0.39, 0.29) is 0 Å². The second-order valence-electron chi connectivity index (χ2n) is 5.86. The van der Waals surface area contributed by atoms with Gasteiger partial charge >= 0.3 is 0 Å². The molecule has 3 rings (SSSR count). The first-order valence-electron chi connectivity index (χ1n) is 7.03. The van der Waals surface area contributed by atoms with E-state index in [2.05, 4.69) is 22.0 Å². The predicted molar refractivity (Wildman–Crippen MR) is 66.6 cm³/mol. The van der Waals surface area contributed by atoms with Gasteiger partial charge in [-0.15, -0.1) is 0 Å². The molecule has 3 atom stereocenters. The standard InChI is InChI=1S/C13H25N3/c1-11-4-5-14-9-13(11)16-8-7-15-6-2-3-12(15)10-16/h11-14H,2-10H2,1H3. The lowest BCUT2D eigenvalue weighted by atomic mass is 9.92. The zero-order valence-electron chi connectivity index (χ0n) is 10.5. The molecule has 3 saturated heterocycles. The van der Waals surface area contributed by atoms with Gasteiger partial charge in [0.2, 0.25) is 0 Å². The summed E-state index contributed by atoms with van der Waals surface area (Å²) in [5.74, 6) is 0.884. The molecule has 92 valence electrons. The summed E-state index contributed by atoms with van der Waals surface area (Å²) in [5.41, 5.74) is 0. The van der Waals surface area contributed by atoms with Crippen molar-refractivity contribution >= 4 is 0 Å². The number of piperidine rings is 1. The van der Waals surface area contributed by atoms with Crippen LogP contribution in [0, 0.1) is 5.92 Å². The van der Waals surface area contributed by atoms with Crippen LogP contribution < -0.4 is 5.32 Å². The molecule has 3 aliphatic heterocycles. The van der Waals surface area contributed by atoms with E-state index < -0.39 is 0 Å². The summed E-state index contributed by atoms with van der Waals surface area (Å²) in [6, 6.07) is 1.68. The fourth-order valence-electron chi connectivity index (χ4n) is 3.78. The van der Waals surface area contributed by atoms with E-state index >= 15 is 0 Å². The molecule has 0 bridgehead atoms. The van der Waals surface area contributed by atoms with Gasteiger partial charge in [-0.2, -0.15) is 0 Å². The highest BCUT2D eigenvalue weighted by Crippen LogP contribution is 2.25. The third-order valence-electron chi connectivity index (χ3n) is 4.87. The molecule has 3 heterocycles. The molecular weight excluding hydrogens is 198 g/mol. The van der Waals surface area contributed by atoms with Crippen LogP contribution in [0.1, 0.15) is 26.2 Å². The first-order valence-corrected chi connectivity index (χ1v) is 7.03. The van der Waals surface area contributed by atoms with Crippen molar-refractivity contribution in [3.8, 4) is 0 Å². The number of fused-ring (bicyclic) bond motifs is 1. The van der Waals surface area contributed by atoms with E-state index in [1.807, 2.05) is 0 Å². The van der Waals surface area contributed by atoms with Gasteiger partial charge in [-0.05, 0) is 38.3 Å². The van der Waals surface area contributed by atoms with Gasteiger partial charge in [0.1, 0.15) is 0 Å². The van der Waals surface area contributed by atoms with Gasteiger partial charge in [0, 0.05) is 38.3 Å². The first-order chi connectivity index (χ1) is 7.84. The minimum atomic E-state index is 0.802. The fourth-order valence-corrected chi connectivity index (χ4v) is 3.78. The molecule has 0 aromatic rings. The molecule has 0 spiro atoms. The summed E-state index contributed by atoms with van der Waals surface area (Å²) in [6.45, 7) is 10.2. The molecule has 3 unspecified atom stereocenters. The maximum absolute atomic E-state index is 3.57. The van der Waals surface area contributed by atoms with E-state index in [1.165, 1.54) is 58.5 Å². The van der Waals surface area contributed by atoms with Crippen molar-refractivity contribution in [2.24, 2.45) is 5.92 Å². The van der Waals surface area contributed by atoms with Crippen molar-refractivity contribution in [2.45, 2.75) is 38.3 Å². The van der Waals surface area contributed by atoms with Gasteiger partial charge in [0.05, 0.1) is 0 Å². The largest absolute Gasteiger partial charge is 0.315 e. The molecule has 3 fully saturated rings. The molecule has 0 aliphatic carbocycles. The molecule has 0 saturated carbocycles. The van der Waals surface area contributed by atoms with Crippen molar-refractivity contribution in [2.75, 3.05) is 39.3 Å². The van der Waals surface area contributed by atoms with Gasteiger partial charge in [-0.1, -0.05) is 6.92 Å². The first kappa shape index (κ1) is 11.0. The van der Waals surface area contributed by atoms with Crippen LogP contribution in [0.2, 0.25) is 0 Å². The lowest BCUT2D eigenvalue weighted by Gasteiger charge is -2.45. The van der Waals surface area contributed by atoms with Crippen LogP contribution in [0.5, 0.6) is 0 Å². The van der Waals surface area contributed by atoms with Gasteiger partial charge in [0.25, 0.3) is 0 Å². The molecule has 3 heteroatoms. The van der Waals surface area contributed by atoms with Crippen LogP contribution in [0.3, 0.4) is 0 Å². The van der Waals surface area contributed by atoms with Crippen LogP contribution in [0.25, 0.3) is 0 Å². The Balaban J connectivity index is 1.62. The third-order valence-corrected chi connectivity index (χ3v) is 4.87. The molecule has 3 aliphatic rings. The monoisotopic (exact) mass is 223 g/mol. The summed E-state index contributed by atoms with van der Waals surface area (Å²) in [6.07, 6.45) is 4.22. The quantitative estimate of drug-likeness (QED) is 0.708. The topological polar surface area (TPSA) is 18.5 Å². The molecule has 3 nitrogen and oxygen atoms in total. The van der Waals surface area contributed by atoms with Crippen LogP contribution in [-0.4, -0.2) is 61.2 Å². The highest BCUT2D eigenvalue weighted by atomic mass is 15.3. The smallest absolute Gasteiger partial charge is 0.0247 e. The Hall–Kier alpha value is -0.120. The molecule has 0 aromatic carbocycles. The summed E-state index contributed by atoms with van der Waals surface area (Å²) >= 11 is 0. The third kappa shape index (κ3) is 2.01. The number of piperazine rings is 1. The molecule has 0 amide bonds. The number of hydrogen-bond donors (Lipinski definition) is 1. The Bertz CT molecular complexity index is 243. The van der Waals surface area contributed by atoms with E-state index in [1.54, 1.807) is 0 Å². The Kier molecular flexibility index (Phi) is 3.18. The Morgan fingerprint density at radius 1 is 1.06 bits per heavy atom. The van der Waals surface area contributed by atoms with Crippen molar-refractivity contribution < 1.29 is 0 Å². The number of hydrogen-bond acceptors (Lipinski definition) is 3. The van der Waals surface area contributed by atoms with Gasteiger partial charge in [-0.25, -0.2) is 0 Å². The average Bonchev–Trinajstić information content (AvgIpc) is 2.76. The number of rotatable bonds is 1. The number of nitrogens with one attached hydrogen (secondary N) is 1.